The van der Waals surface area contributed by atoms with Gasteiger partial charge < -0.3 is 20.6 Å². The number of pyridine rings is 2. The molecule has 0 aliphatic carbocycles. The summed E-state index contributed by atoms with van der Waals surface area (Å²) in [4.78, 5) is 32.1. The summed E-state index contributed by atoms with van der Waals surface area (Å²) < 4.78 is 0. The van der Waals surface area contributed by atoms with Crippen molar-refractivity contribution in [1.29, 1.82) is 0 Å². The number of nitrogens with one attached hydrogen (secondary N) is 2. The molecule has 1 aromatic carbocycles. The highest BCUT2D eigenvalue weighted by atomic mass is 16.3. The molecule has 178 valence electrons. The predicted octanol–water partition coefficient (Wildman–Crippen LogP) is 2.67. The van der Waals surface area contributed by atoms with Gasteiger partial charge in [0.1, 0.15) is 18.0 Å². The van der Waals surface area contributed by atoms with Crippen molar-refractivity contribution in [2.75, 3.05) is 36.9 Å². The molecular formula is C26H27N7O2. The molecule has 4 aromatic rings. The Kier molecular flexibility index (Phi) is 6.49. The highest BCUT2D eigenvalue weighted by Gasteiger charge is 2.21. The van der Waals surface area contributed by atoms with Crippen molar-refractivity contribution in [2.45, 2.75) is 18.9 Å². The van der Waals surface area contributed by atoms with Crippen LogP contribution in [-0.2, 0) is 6.42 Å². The minimum absolute atomic E-state index is 0.123. The zero-order valence-corrected chi connectivity index (χ0v) is 19.5. The van der Waals surface area contributed by atoms with E-state index >= 15 is 0 Å². The molecule has 1 aliphatic heterocycles. The number of benzene rings is 1. The van der Waals surface area contributed by atoms with Gasteiger partial charge in [0, 0.05) is 56.1 Å². The Morgan fingerprint density at radius 1 is 1.14 bits per heavy atom. The van der Waals surface area contributed by atoms with Crippen LogP contribution < -0.4 is 15.5 Å². The second kappa shape index (κ2) is 10.0. The molecule has 0 spiro atoms. The van der Waals surface area contributed by atoms with Gasteiger partial charge in [0.25, 0.3) is 5.91 Å². The van der Waals surface area contributed by atoms with Gasteiger partial charge >= 0.3 is 0 Å². The lowest BCUT2D eigenvalue weighted by atomic mass is 10.0. The number of para-hydroxylation sites is 1. The number of aliphatic hydroxyl groups is 1. The molecule has 5 rings (SSSR count). The van der Waals surface area contributed by atoms with Crippen molar-refractivity contribution in [3.8, 4) is 11.3 Å². The van der Waals surface area contributed by atoms with E-state index in [2.05, 4.69) is 35.5 Å². The van der Waals surface area contributed by atoms with E-state index in [0.717, 1.165) is 58.7 Å². The van der Waals surface area contributed by atoms with Crippen LogP contribution >= 0.6 is 0 Å². The van der Waals surface area contributed by atoms with Crippen molar-refractivity contribution in [3.05, 3.63) is 72.3 Å². The summed E-state index contributed by atoms with van der Waals surface area (Å²) in [5.74, 6) is 1.46. The van der Waals surface area contributed by atoms with Gasteiger partial charge in [-0.3, -0.25) is 9.78 Å². The minimum atomic E-state index is -0.283. The van der Waals surface area contributed by atoms with Gasteiger partial charge in [0.2, 0.25) is 0 Å². The van der Waals surface area contributed by atoms with Gasteiger partial charge in [0.05, 0.1) is 22.9 Å². The number of carbonyl (C=O) groups is 1. The lowest BCUT2D eigenvalue weighted by molar-refractivity contribution is 0.0964. The van der Waals surface area contributed by atoms with E-state index < -0.39 is 0 Å². The Balaban J connectivity index is 1.26. The second-order valence-corrected chi connectivity index (χ2v) is 8.51. The van der Waals surface area contributed by atoms with Gasteiger partial charge in [-0.05, 0) is 36.6 Å². The van der Waals surface area contributed by atoms with E-state index in [-0.39, 0.29) is 12.0 Å². The molecule has 35 heavy (non-hydrogen) atoms. The summed E-state index contributed by atoms with van der Waals surface area (Å²) in [7, 11) is 1.63. The highest BCUT2D eigenvalue weighted by Crippen LogP contribution is 2.24. The minimum Gasteiger partial charge on any atom is -0.391 e. The first-order valence-electron chi connectivity index (χ1n) is 11.7. The zero-order chi connectivity index (χ0) is 24.2. The Labute approximate surface area is 203 Å². The van der Waals surface area contributed by atoms with Crippen LogP contribution in [0, 0.1) is 0 Å². The summed E-state index contributed by atoms with van der Waals surface area (Å²) in [5, 5.41) is 16.6. The third-order valence-electron chi connectivity index (χ3n) is 6.22. The number of hydrogen-bond donors (Lipinski definition) is 3. The molecular weight excluding hydrogens is 442 g/mol. The summed E-state index contributed by atoms with van der Waals surface area (Å²) in [6.45, 7) is 2.08. The predicted molar refractivity (Wildman–Crippen MR) is 135 cm³/mol. The van der Waals surface area contributed by atoms with Crippen LogP contribution in [0.5, 0.6) is 0 Å². The number of carbonyl (C=O) groups excluding carboxylic acids is 1. The summed E-state index contributed by atoms with van der Waals surface area (Å²) in [6.07, 6.45) is 6.23. The van der Waals surface area contributed by atoms with Crippen molar-refractivity contribution in [1.82, 2.24) is 25.3 Å². The standard InChI is InChI=1S/C26H27N7O2/c1-27-26(35)21-8-11-29-25-17(3-2-4-20(21)25)7-10-28-23-13-22(31-16-32-23)18-5-6-24(30-14-18)33-12-9-19(34)15-33/h2-6,8,11,13-14,16,19,34H,7,9-10,12,15H2,1H3,(H,27,35)(H,28,31,32)/t19-/m1/s1. The number of rotatable bonds is 7. The molecule has 4 heterocycles. The smallest absolute Gasteiger partial charge is 0.251 e. The van der Waals surface area contributed by atoms with Crippen LogP contribution in [0.15, 0.2) is 61.2 Å². The van der Waals surface area contributed by atoms with Crippen molar-refractivity contribution in [2.24, 2.45) is 0 Å². The molecule has 3 N–H and O–H groups in total. The van der Waals surface area contributed by atoms with Crippen molar-refractivity contribution in [3.63, 3.8) is 0 Å². The summed E-state index contributed by atoms with van der Waals surface area (Å²) >= 11 is 0. The van der Waals surface area contributed by atoms with E-state index in [4.69, 9.17) is 0 Å². The van der Waals surface area contributed by atoms with Gasteiger partial charge in [-0.25, -0.2) is 15.0 Å². The monoisotopic (exact) mass is 469 g/mol. The van der Waals surface area contributed by atoms with Gasteiger partial charge in [-0.15, -0.1) is 0 Å². The third-order valence-corrected chi connectivity index (χ3v) is 6.22. The molecule has 1 atom stereocenters. The second-order valence-electron chi connectivity index (χ2n) is 8.51. The Morgan fingerprint density at radius 2 is 2.06 bits per heavy atom. The molecule has 0 bridgehead atoms. The van der Waals surface area contributed by atoms with Crippen LogP contribution in [0.25, 0.3) is 22.2 Å². The number of amides is 1. The van der Waals surface area contributed by atoms with E-state index in [1.54, 1.807) is 25.5 Å². The molecule has 3 aromatic heterocycles. The maximum Gasteiger partial charge on any atom is 0.251 e. The zero-order valence-electron chi connectivity index (χ0n) is 19.5. The fourth-order valence-corrected chi connectivity index (χ4v) is 4.38. The molecule has 1 fully saturated rings. The highest BCUT2D eigenvalue weighted by molar-refractivity contribution is 6.06. The van der Waals surface area contributed by atoms with Crippen LogP contribution in [0.4, 0.5) is 11.6 Å². The summed E-state index contributed by atoms with van der Waals surface area (Å²) in [5.41, 5.74) is 4.19. The topological polar surface area (TPSA) is 116 Å². The largest absolute Gasteiger partial charge is 0.391 e. The number of aromatic nitrogens is 4. The number of hydrogen-bond acceptors (Lipinski definition) is 8. The lowest BCUT2D eigenvalue weighted by Crippen LogP contribution is -2.21. The Hall–Kier alpha value is -4.11. The number of β-amino-alcohol motifs (C(OH)–C–C–N with tert-alkyl or cyclic N) is 1. The molecule has 1 amide bonds. The van der Waals surface area contributed by atoms with Crippen molar-refractivity contribution >= 4 is 28.4 Å². The number of anilines is 2. The first-order valence-corrected chi connectivity index (χ1v) is 11.7. The average molecular weight is 470 g/mol. The Bertz CT molecular complexity index is 1340. The van der Waals surface area contributed by atoms with Gasteiger partial charge in [0.15, 0.2) is 0 Å². The van der Waals surface area contributed by atoms with Gasteiger partial charge in [-0.2, -0.15) is 0 Å². The SMILES string of the molecule is CNC(=O)c1ccnc2c(CCNc3cc(-c4ccc(N5CC[C@@H](O)C5)nc4)ncn3)cccc12. The number of aliphatic hydroxyl groups excluding tert-OH is 1. The van der Waals surface area contributed by atoms with Crippen LogP contribution in [0.1, 0.15) is 22.3 Å². The molecule has 9 nitrogen and oxygen atoms in total. The lowest BCUT2D eigenvalue weighted by Gasteiger charge is -2.16. The molecule has 1 saturated heterocycles. The molecule has 0 radical (unpaired) electrons. The quantitative estimate of drug-likeness (QED) is 0.378. The van der Waals surface area contributed by atoms with E-state index in [0.29, 0.717) is 18.7 Å². The summed E-state index contributed by atoms with van der Waals surface area (Å²) in [6, 6.07) is 13.5. The normalized spacial score (nSPS) is 15.4. The maximum absolute atomic E-state index is 12.2. The maximum atomic E-state index is 12.2. The first kappa shape index (κ1) is 22.7. The van der Waals surface area contributed by atoms with Gasteiger partial charge in [-0.1, -0.05) is 18.2 Å². The van der Waals surface area contributed by atoms with E-state index in [1.165, 1.54) is 6.33 Å². The number of nitrogens with zero attached hydrogens (tertiary/aromatic N) is 5. The molecule has 1 aliphatic rings. The average Bonchev–Trinajstić information content (AvgIpc) is 3.34. The molecule has 0 saturated carbocycles. The van der Waals surface area contributed by atoms with Crippen LogP contribution in [0.3, 0.4) is 0 Å². The molecule has 0 unspecified atom stereocenters. The number of fused-ring (bicyclic) bond motifs is 1. The first-order chi connectivity index (χ1) is 17.1. The van der Waals surface area contributed by atoms with Crippen LogP contribution in [0.2, 0.25) is 0 Å². The molecule has 9 heteroatoms. The third kappa shape index (κ3) is 4.90. The fraction of sp³-hybridized carbons (Fsp3) is 0.269. The van der Waals surface area contributed by atoms with E-state index in [9.17, 15) is 9.90 Å². The Morgan fingerprint density at radius 3 is 2.83 bits per heavy atom. The van der Waals surface area contributed by atoms with Crippen molar-refractivity contribution < 1.29 is 9.90 Å². The van der Waals surface area contributed by atoms with Crippen LogP contribution in [-0.4, -0.2) is 63.7 Å². The fourth-order valence-electron chi connectivity index (χ4n) is 4.38. The van der Waals surface area contributed by atoms with E-state index in [1.807, 2.05) is 36.4 Å².